The molecule has 0 aliphatic heterocycles. The smallest absolute Gasteiger partial charge is 0.237 e. The van der Waals surface area contributed by atoms with Gasteiger partial charge in [0, 0.05) is 26.3 Å². The average Bonchev–Trinajstić information content (AvgIpc) is 2.77. The van der Waals surface area contributed by atoms with Gasteiger partial charge in [0.25, 0.3) is 0 Å². The Kier molecular flexibility index (Phi) is 24.0. The van der Waals surface area contributed by atoms with E-state index in [2.05, 4.69) is 68.5 Å². The van der Waals surface area contributed by atoms with Crippen LogP contribution in [0.25, 0.3) is 0 Å². The molecule has 0 aliphatic rings. The Morgan fingerprint density at radius 3 is 1.39 bits per heavy atom. The van der Waals surface area contributed by atoms with E-state index in [4.69, 9.17) is 4.74 Å². The molecular weight excluding hydrogens is 472 g/mol. The number of nitrogens with one attached hydrogen (secondary N) is 6. The highest BCUT2D eigenvalue weighted by molar-refractivity contribution is 7.14. The normalized spacial score (nSPS) is 13.0. The monoisotopic (exact) mass is 516 g/mol. The van der Waals surface area contributed by atoms with Crippen LogP contribution >= 0.6 is 37.6 Å². The molecule has 0 aromatic carbocycles. The quantitative estimate of drug-likeness (QED) is 0.0923. The molecule has 0 saturated heterocycles. The third-order valence-corrected chi connectivity index (χ3v) is 6.07. The molecule has 6 N–H and O–H groups in total. The zero-order valence-corrected chi connectivity index (χ0v) is 23.2. The van der Waals surface area contributed by atoms with Crippen molar-refractivity contribution in [2.45, 2.75) is 63.5 Å². The van der Waals surface area contributed by atoms with Crippen molar-refractivity contribution in [1.29, 1.82) is 0 Å². The van der Waals surface area contributed by atoms with Gasteiger partial charge in [0.05, 0.1) is 12.1 Å². The van der Waals surface area contributed by atoms with Gasteiger partial charge in [-0.25, -0.2) is 0 Å². The largest absolute Gasteiger partial charge is 0.381 e. The van der Waals surface area contributed by atoms with Crippen LogP contribution in [0.15, 0.2) is 0 Å². The van der Waals surface area contributed by atoms with Crippen molar-refractivity contribution in [2.75, 3.05) is 39.4 Å². The zero-order chi connectivity index (χ0) is 23.2. The number of amides is 2. The molecule has 184 valence electrons. The lowest BCUT2D eigenvalue weighted by atomic mass is 10.1. The summed E-state index contributed by atoms with van der Waals surface area (Å²) in [6.07, 6.45) is 7.22. The van der Waals surface area contributed by atoms with E-state index in [1.165, 1.54) is 0 Å². The van der Waals surface area contributed by atoms with Crippen molar-refractivity contribution in [2.24, 2.45) is 0 Å². The van der Waals surface area contributed by atoms with Crippen molar-refractivity contribution in [3.8, 4) is 0 Å². The van der Waals surface area contributed by atoms with E-state index in [-0.39, 0.29) is 23.9 Å². The van der Waals surface area contributed by atoms with Gasteiger partial charge >= 0.3 is 0 Å². The fourth-order valence-corrected chi connectivity index (χ4v) is 3.90. The summed E-state index contributed by atoms with van der Waals surface area (Å²) < 4.78 is 5.59. The van der Waals surface area contributed by atoms with Crippen LogP contribution in [-0.2, 0) is 14.3 Å². The number of unbranched alkanes of at least 4 members (excludes halogenated alkanes) is 2. The summed E-state index contributed by atoms with van der Waals surface area (Å²) in [7, 11) is 9.83. The van der Waals surface area contributed by atoms with Crippen LogP contribution in [0, 0.1) is 0 Å². The van der Waals surface area contributed by atoms with E-state index < -0.39 is 0 Å². The topological polar surface area (TPSA) is 116 Å². The Bertz CT molecular complexity index is 417. The Labute approximate surface area is 197 Å². The number of ether oxygens (including phenoxy) is 1. The van der Waals surface area contributed by atoms with Gasteiger partial charge in [0.15, 0.2) is 0 Å². The maximum atomic E-state index is 12.2. The second kappa shape index (κ2) is 23.6. The van der Waals surface area contributed by atoms with E-state index in [0.29, 0.717) is 26.3 Å². The van der Waals surface area contributed by atoms with Crippen molar-refractivity contribution in [3.63, 3.8) is 0 Å². The number of carbonyl (C=O) groups is 2. The second-order valence-electron chi connectivity index (χ2n) is 7.24. The molecule has 0 aromatic rings. The highest BCUT2D eigenvalue weighted by Gasteiger charge is 2.16. The van der Waals surface area contributed by atoms with Gasteiger partial charge in [-0.15, -0.1) is 0 Å². The van der Waals surface area contributed by atoms with Crippen LogP contribution in [0.5, 0.6) is 0 Å². The molecule has 6 atom stereocenters. The third kappa shape index (κ3) is 18.6. The molecular formula is C18H44N6O3P4. The van der Waals surface area contributed by atoms with Crippen molar-refractivity contribution in [3.05, 3.63) is 0 Å². The minimum Gasteiger partial charge on any atom is -0.381 e. The summed E-state index contributed by atoms with van der Waals surface area (Å²) in [6, 6.07) is -0.359. The Morgan fingerprint density at radius 1 is 0.613 bits per heavy atom. The van der Waals surface area contributed by atoms with Crippen LogP contribution in [0.1, 0.15) is 51.4 Å². The van der Waals surface area contributed by atoms with Crippen LogP contribution in [-0.4, -0.2) is 63.3 Å². The maximum absolute atomic E-state index is 12.2. The van der Waals surface area contributed by atoms with Crippen LogP contribution < -0.4 is 31.0 Å². The van der Waals surface area contributed by atoms with Crippen molar-refractivity contribution in [1.82, 2.24) is 31.0 Å². The first kappa shape index (κ1) is 31.5. The number of rotatable bonds is 22. The first-order valence-electron chi connectivity index (χ1n) is 11.0. The maximum Gasteiger partial charge on any atom is 0.237 e. The standard InChI is InChI=1S/C18H44N6O3P4/c25-17(15(23-30)7-1-3-11-21-28)19-9-5-13-27-14-6-10-20-18(26)16(24-31)8-2-4-12-22-29/h15-16,21-24H,1-14,28-31H2,(H,19,25)(H,20,26). The summed E-state index contributed by atoms with van der Waals surface area (Å²) >= 11 is 0. The van der Waals surface area contributed by atoms with Crippen LogP contribution in [0.4, 0.5) is 0 Å². The molecule has 0 aromatic heterocycles. The average molecular weight is 516 g/mol. The van der Waals surface area contributed by atoms with E-state index in [1.54, 1.807) is 0 Å². The molecule has 9 nitrogen and oxygen atoms in total. The fourth-order valence-electron chi connectivity index (χ4n) is 2.85. The highest BCUT2D eigenvalue weighted by atomic mass is 31.0. The molecule has 0 radical (unpaired) electrons. The summed E-state index contributed by atoms with van der Waals surface area (Å²) in [6.45, 7) is 4.24. The van der Waals surface area contributed by atoms with Gasteiger partial charge < -0.3 is 25.5 Å². The van der Waals surface area contributed by atoms with Crippen molar-refractivity contribution >= 4 is 49.4 Å². The lowest BCUT2D eigenvalue weighted by molar-refractivity contribution is -0.123. The first-order chi connectivity index (χ1) is 15.1. The minimum atomic E-state index is -0.179. The van der Waals surface area contributed by atoms with E-state index in [1.807, 2.05) is 0 Å². The Balaban J connectivity index is 3.66. The summed E-state index contributed by atoms with van der Waals surface area (Å²) in [5.41, 5.74) is 0. The molecule has 0 saturated carbocycles. The Hall–Kier alpha value is 0.460. The molecule has 0 aliphatic carbocycles. The predicted octanol–water partition coefficient (Wildman–Crippen LogP) is 0.612. The van der Waals surface area contributed by atoms with E-state index >= 15 is 0 Å². The molecule has 0 rings (SSSR count). The number of carbonyl (C=O) groups excluding carboxylic acids is 2. The van der Waals surface area contributed by atoms with Crippen molar-refractivity contribution < 1.29 is 14.3 Å². The molecule has 2 amide bonds. The SMILES string of the molecule is O=C(NCCCOCCCNC(=O)C(CCCCNP)NP)C(CCCCNP)NP. The van der Waals surface area contributed by atoms with Gasteiger partial charge in [-0.05, 0) is 51.6 Å². The van der Waals surface area contributed by atoms with Gasteiger partial charge in [-0.3, -0.25) is 19.8 Å². The summed E-state index contributed by atoms with van der Waals surface area (Å²) in [5, 5.41) is 17.9. The molecule has 0 fully saturated rings. The molecule has 0 heterocycles. The number of hydrogen-bond acceptors (Lipinski definition) is 7. The van der Waals surface area contributed by atoms with Crippen LogP contribution in [0.3, 0.4) is 0 Å². The molecule has 31 heavy (non-hydrogen) atoms. The lowest BCUT2D eigenvalue weighted by Crippen LogP contribution is -2.41. The van der Waals surface area contributed by atoms with E-state index in [0.717, 1.165) is 64.5 Å². The van der Waals surface area contributed by atoms with Gasteiger partial charge in [-0.1, -0.05) is 50.4 Å². The van der Waals surface area contributed by atoms with Crippen LogP contribution in [0.2, 0.25) is 0 Å². The summed E-state index contributed by atoms with van der Waals surface area (Å²) in [4.78, 5) is 24.3. The van der Waals surface area contributed by atoms with Gasteiger partial charge in [-0.2, -0.15) is 0 Å². The zero-order valence-electron chi connectivity index (χ0n) is 18.6. The molecule has 0 spiro atoms. The number of hydrogen-bond donors (Lipinski definition) is 6. The lowest BCUT2D eigenvalue weighted by Gasteiger charge is -2.16. The van der Waals surface area contributed by atoms with E-state index in [9.17, 15) is 9.59 Å². The Morgan fingerprint density at radius 2 is 1.03 bits per heavy atom. The van der Waals surface area contributed by atoms with Gasteiger partial charge in [0.1, 0.15) is 0 Å². The predicted molar refractivity (Wildman–Crippen MR) is 142 cm³/mol. The fraction of sp³-hybridized carbons (Fsp3) is 0.889. The third-order valence-electron chi connectivity index (χ3n) is 4.69. The molecule has 0 bridgehead atoms. The molecule has 13 heteroatoms. The van der Waals surface area contributed by atoms with Gasteiger partial charge in [0.2, 0.25) is 11.8 Å². The highest BCUT2D eigenvalue weighted by Crippen LogP contribution is 2.04. The summed E-state index contributed by atoms with van der Waals surface area (Å²) in [5.74, 6) is 0.0530. The minimum absolute atomic E-state index is 0.0265. The first-order valence-corrected chi connectivity index (χ1v) is 13.3. The molecule has 6 unspecified atom stereocenters. The second-order valence-corrected chi connectivity index (χ2v) is 8.72.